The van der Waals surface area contributed by atoms with Crippen molar-refractivity contribution >= 4 is 23.4 Å². The molecule has 0 aliphatic carbocycles. The standard InChI is InChI=1S/C27H30ClN3O3/c1-20(32)29-16-3-17-30(19-18-29)27(33)15-11-24-10-14-26(21-4-6-22(28)7-5-21)31(24)23-8-12-25(34-2)13-9-23/h4-10,12-14H,3,11,15-19H2,1-2H3. The first-order valence-electron chi connectivity index (χ1n) is 11.6. The summed E-state index contributed by atoms with van der Waals surface area (Å²) in [5, 5.41) is 0.693. The van der Waals surface area contributed by atoms with Gasteiger partial charge in [0.1, 0.15) is 5.75 Å². The van der Waals surface area contributed by atoms with E-state index in [-0.39, 0.29) is 11.8 Å². The molecule has 1 aliphatic rings. The highest BCUT2D eigenvalue weighted by Gasteiger charge is 2.21. The molecule has 1 aromatic heterocycles. The Morgan fingerprint density at radius 3 is 2.24 bits per heavy atom. The van der Waals surface area contributed by atoms with Crippen LogP contribution >= 0.6 is 11.6 Å². The Bertz CT molecular complexity index is 1140. The number of aromatic nitrogens is 1. The van der Waals surface area contributed by atoms with Gasteiger partial charge in [0, 0.05) is 55.9 Å². The van der Waals surface area contributed by atoms with Crippen LogP contribution in [0.4, 0.5) is 0 Å². The molecule has 7 heteroatoms. The molecular formula is C27H30ClN3O3. The van der Waals surface area contributed by atoms with Gasteiger partial charge in [0.2, 0.25) is 11.8 Å². The minimum Gasteiger partial charge on any atom is -0.497 e. The Labute approximate surface area is 205 Å². The van der Waals surface area contributed by atoms with Crippen molar-refractivity contribution in [3.8, 4) is 22.7 Å². The molecule has 6 nitrogen and oxygen atoms in total. The van der Waals surface area contributed by atoms with E-state index < -0.39 is 0 Å². The highest BCUT2D eigenvalue weighted by atomic mass is 35.5. The molecule has 0 spiro atoms. The number of amides is 2. The minimum absolute atomic E-state index is 0.0707. The number of nitrogens with zero attached hydrogens (tertiary/aromatic N) is 3. The quantitative estimate of drug-likeness (QED) is 0.509. The summed E-state index contributed by atoms with van der Waals surface area (Å²) in [6.45, 7) is 4.18. The van der Waals surface area contributed by atoms with Crippen LogP contribution in [0.25, 0.3) is 16.9 Å². The Balaban J connectivity index is 1.56. The first-order valence-corrected chi connectivity index (χ1v) is 12.0. The molecule has 2 heterocycles. The van der Waals surface area contributed by atoms with E-state index in [1.54, 1.807) is 14.0 Å². The summed E-state index contributed by atoms with van der Waals surface area (Å²) in [6, 6.07) is 19.9. The van der Waals surface area contributed by atoms with E-state index in [1.807, 2.05) is 58.3 Å². The SMILES string of the molecule is COc1ccc(-n2c(CCC(=O)N3CCCN(C(C)=O)CC3)ccc2-c2ccc(Cl)cc2)cc1. The molecule has 0 N–H and O–H groups in total. The van der Waals surface area contributed by atoms with Crippen LogP contribution in [-0.4, -0.2) is 59.5 Å². The summed E-state index contributed by atoms with van der Waals surface area (Å²) < 4.78 is 7.52. The molecule has 178 valence electrons. The van der Waals surface area contributed by atoms with Crippen molar-refractivity contribution in [2.24, 2.45) is 0 Å². The Morgan fingerprint density at radius 1 is 0.882 bits per heavy atom. The molecule has 0 atom stereocenters. The van der Waals surface area contributed by atoms with Crippen LogP contribution in [0, 0.1) is 0 Å². The largest absolute Gasteiger partial charge is 0.497 e. The van der Waals surface area contributed by atoms with Gasteiger partial charge in [-0.25, -0.2) is 0 Å². The number of rotatable bonds is 6. The van der Waals surface area contributed by atoms with Crippen molar-refractivity contribution in [1.29, 1.82) is 0 Å². The maximum Gasteiger partial charge on any atom is 0.223 e. The van der Waals surface area contributed by atoms with Gasteiger partial charge in [-0.15, -0.1) is 0 Å². The summed E-state index contributed by atoms with van der Waals surface area (Å²) >= 11 is 6.11. The van der Waals surface area contributed by atoms with Crippen molar-refractivity contribution in [2.75, 3.05) is 33.3 Å². The van der Waals surface area contributed by atoms with Crippen molar-refractivity contribution in [3.05, 3.63) is 71.4 Å². The molecule has 2 amide bonds. The zero-order valence-corrected chi connectivity index (χ0v) is 20.4. The monoisotopic (exact) mass is 479 g/mol. The Hall–Kier alpha value is -3.25. The zero-order valence-electron chi connectivity index (χ0n) is 19.7. The van der Waals surface area contributed by atoms with E-state index >= 15 is 0 Å². The number of benzene rings is 2. The van der Waals surface area contributed by atoms with Gasteiger partial charge in [-0.3, -0.25) is 9.59 Å². The van der Waals surface area contributed by atoms with Gasteiger partial charge in [0.05, 0.1) is 12.8 Å². The van der Waals surface area contributed by atoms with Crippen molar-refractivity contribution in [2.45, 2.75) is 26.2 Å². The lowest BCUT2D eigenvalue weighted by molar-refractivity contribution is -0.132. The fraction of sp³-hybridized carbons (Fsp3) is 0.333. The maximum absolute atomic E-state index is 13.0. The second-order valence-electron chi connectivity index (χ2n) is 8.49. The number of hydrogen-bond acceptors (Lipinski definition) is 3. The van der Waals surface area contributed by atoms with Crippen LogP contribution in [0.3, 0.4) is 0 Å². The molecule has 0 bridgehead atoms. The summed E-state index contributed by atoms with van der Waals surface area (Å²) in [5.41, 5.74) is 4.15. The fourth-order valence-corrected chi connectivity index (χ4v) is 4.56. The van der Waals surface area contributed by atoms with Crippen LogP contribution in [0.2, 0.25) is 5.02 Å². The number of carbonyl (C=O) groups excluding carboxylic acids is 2. The van der Waals surface area contributed by atoms with Gasteiger partial charge in [0.25, 0.3) is 0 Å². The first-order chi connectivity index (χ1) is 16.5. The molecule has 1 saturated heterocycles. The molecule has 1 aliphatic heterocycles. The first kappa shape index (κ1) is 23.9. The van der Waals surface area contributed by atoms with Gasteiger partial charge in [-0.1, -0.05) is 23.7 Å². The number of aryl methyl sites for hydroxylation is 1. The normalized spacial score (nSPS) is 14.1. The third kappa shape index (κ3) is 5.45. The molecular weight excluding hydrogens is 450 g/mol. The van der Waals surface area contributed by atoms with Crippen LogP contribution < -0.4 is 4.74 Å². The number of ether oxygens (including phenoxy) is 1. The second-order valence-corrected chi connectivity index (χ2v) is 8.93. The highest BCUT2D eigenvalue weighted by Crippen LogP contribution is 2.29. The molecule has 1 fully saturated rings. The number of halogens is 1. The molecule has 0 saturated carbocycles. The van der Waals surface area contributed by atoms with Crippen molar-refractivity contribution < 1.29 is 14.3 Å². The summed E-state index contributed by atoms with van der Waals surface area (Å²) in [6.07, 6.45) is 1.85. The molecule has 34 heavy (non-hydrogen) atoms. The van der Waals surface area contributed by atoms with E-state index in [0.717, 1.165) is 34.8 Å². The Kier molecular flexibility index (Phi) is 7.58. The van der Waals surface area contributed by atoms with Gasteiger partial charge < -0.3 is 19.1 Å². The van der Waals surface area contributed by atoms with E-state index in [0.29, 0.717) is 44.0 Å². The lowest BCUT2D eigenvalue weighted by Crippen LogP contribution is -2.36. The number of hydrogen-bond donors (Lipinski definition) is 0. The molecule has 4 rings (SSSR count). The molecule has 0 radical (unpaired) electrons. The Morgan fingerprint density at radius 2 is 1.56 bits per heavy atom. The lowest BCUT2D eigenvalue weighted by atomic mass is 10.1. The predicted octanol–water partition coefficient (Wildman–Crippen LogP) is 4.82. The summed E-state index contributed by atoms with van der Waals surface area (Å²) in [5.74, 6) is 0.990. The van der Waals surface area contributed by atoms with Gasteiger partial charge in [-0.05, 0) is 66.9 Å². The van der Waals surface area contributed by atoms with Gasteiger partial charge in [-0.2, -0.15) is 0 Å². The minimum atomic E-state index is 0.0707. The number of methoxy groups -OCH3 is 1. The van der Waals surface area contributed by atoms with Crippen LogP contribution in [0.15, 0.2) is 60.7 Å². The third-order valence-electron chi connectivity index (χ3n) is 6.32. The maximum atomic E-state index is 13.0. The predicted molar refractivity (Wildman–Crippen MR) is 135 cm³/mol. The summed E-state index contributed by atoms with van der Waals surface area (Å²) in [4.78, 5) is 28.4. The van der Waals surface area contributed by atoms with Crippen LogP contribution in [-0.2, 0) is 16.0 Å². The molecule has 2 aromatic carbocycles. The summed E-state index contributed by atoms with van der Waals surface area (Å²) in [7, 11) is 1.65. The second kappa shape index (κ2) is 10.8. The van der Waals surface area contributed by atoms with E-state index in [4.69, 9.17) is 16.3 Å². The smallest absolute Gasteiger partial charge is 0.223 e. The van der Waals surface area contributed by atoms with Crippen molar-refractivity contribution in [3.63, 3.8) is 0 Å². The van der Waals surface area contributed by atoms with E-state index in [2.05, 4.69) is 16.7 Å². The van der Waals surface area contributed by atoms with Crippen molar-refractivity contribution in [1.82, 2.24) is 14.4 Å². The topological polar surface area (TPSA) is 54.8 Å². The van der Waals surface area contributed by atoms with Crippen LogP contribution in [0.5, 0.6) is 5.75 Å². The van der Waals surface area contributed by atoms with E-state index in [9.17, 15) is 9.59 Å². The lowest BCUT2D eigenvalue weighted by Gasteiger charge is -2.22. The average Bonchev–Trinajstić information content (AvgIpc) is 3.10. The van der Waals surface area contributed by atoms with E-state index in [1.165, 1.54) is 0 Å². The average molecular weight is 480 g/mol. The van der Waals surface area contributed by atoms with Gasteiger partial charge >= 0.3 is 0 Å². The fourth-order valence-electron chi connectivity index (χ4n) is 4.43. The highest BCUT2D eigenvalue weighted by molar-refractivity contribution is 6.30. The zero-order chi connectivity index (χ0) is 24.1. The number of carbonyl (C=O) groups is 2. The molecule has 0 unspecified atom stereocenters. The third-order valence-corrected chi connectivity index (χ3v) is 6.57. The van der Waals surface area contributed by atoms with Crippen LogP contribution in [0.1, 0.15) is 25.5 Å². The van der Waals surface area contributed by atoms with Gasteiger partial charge in [0.15, 0.2) is 0 Å². The molecule has 3 aromatic rings.